The summed E-state index contributed by atoms with van der Waals surface area (Å²) in [6, 6.07) is 10.6. The normalized spacial score (nSPS) is 13.7. The Labute approximate surface area is 177 Å². The summed E-state index contributed by atoms with van der Waals surface area (Å²) in [4.78, 5) is 6.46. The number of nitriles is 1. The van der Waals surface area contributed by atoms with E-state index in [0.29, 0.717) is 42.0 Å². The van der Waals surface area contributed by atoms with Gasteiger partial charge in [0.1, 0.15) is 17.5 Å². The molecule has 1 saturated carbocycles. The number of aromatic nitrogens is 2. The zero-order chi connectivity index (χ0) is 18.7. The molecule has 1 fully saturated rings. The van der Waals surface area contributed by atoms with Gasteiger partial charge in [0.05, 0.1) is 11.4 Å². The summed E-state index contributed by atoms with van der Waals surface area (Å²) >= 11 is 0. The van der Waals surface area contributed by atoms with Crippen molar-refractivity contribution in [3.8, 4) is 11.8 Å². The molecule has 27 heavy (non-hydrogen) atoms. The predicted molar refractivity (Wildman–Crippen MR) is 118 cm³/mol. The Bertz CT molecular complexity index is 844. The van der Waals surface area contributed by atoms with E-state index in [1.54, 1.807) is 4.68 Å². The van der Waals surface area contributed by atoms with Crippen molar-refractivity contribution < 1.29 is 0 Å². The molecule has 144 valence electrons. The first kappa shape index (κ1) is 21.0. The Morgan fingerprint density at radius 3 is 2.63 bits per heavy atom. The largest absolute Gasteiger partial charge is 0.382 e. The smallest absolute Gasteiger partial charge is 0.191 e. The molecule has 0 bridgehead atoms. The number of hydrogen-bond donors (Lipinski definition) is 2. The minimum atomic E-state index is 0. The predicted octanol–water partition coefficient (Wildman–Crippen LogP) is 2.59. The van der Waals surface area contributed by atoms with Crippen molar-refractivity contribution in [2.24, 2.45) is 10.7 Å². The van der Waals surface area contributed by atoms with E-state index in [0.717, 1.165) is 17.7 Å². The number of hydrogen-bond acceptors (Lipinski definition) is 4. The third-order valence-electron chi connectivity index (χ3n) is 4.69. The van der Waals surface area contributed by atoms with Crippen molar-refractivity contribution in [1.29, 1.82) is 5.26 Å². The Morgan fingerprint density at radius 2 is 2.04 bits per heavy atom. The molecule has 1 aliphatic rings. The fourth-order valence-electron chi connectivity index (χ4n) is 2.86. The lowest BCUT2D eigenvalue weighted by Gasteiger charge is -2.16. The van der Waals surface area contributed by atoms with E-state index < -0.39 is 0 Å². The van der Waals surface area contributed by atoms with E-state index in [4.69, 9.17) is 11.5 Å². The molecule has 4 N–H and O–H groups in total. The van der Waals surface area contributed by atoms with Gasteiger partial charge in [0.15, 0.2) is 5.96 Å². The average Bonchev–Trinajstić information content (AvgIpc) is 3.43. The highest BCUT2D eigenvalue weighted by Crippen LogP contribution is 2.25. The van der Waals surface area contributed by atoms with Gasteiger partial charge in [-0.2, -0.15) is 10.4 Å². The molecule has 0 amide bonds. The van der Waals surface area contributed by atoms with Gasteiger partial charge in [0.2, 0.25) is 0 Å². The highest BCUT2D eigenvalue weighted by Gasteiger charge is 2.27. The fourth-order valence-corrected chi connectivity index (χ4v) is 2.86. The van der Waals surface area contributed by atoms with Gasteiger partial charge in [-0.15, -0.1) is 24.0 Å². The molecule has 8 heteroatoms. The van der Waals surface area contributed by atoms with Gasteiger partial charge in [-0.1, -0.05) is 17.7 Å². The molecule has 7 nitrogen and oxygen atoms in total. The lowest BCUT2D eigenvalue weighted by Crippen LogP contribution is -2.35. The van der Waals surface area contributed by atoms with Crippen molar-refractivity contribution in [2.75, 3.05) is 19.3 Å². The highest BCUT2D eigenvalue weighted by molar-refractivity contribution is 14.0. The summed E-state index contributed by atoms with van der Waals surface area (Å²) in [5, 5.41) is 14.0. The van der Waals surface area contributed by atoms with Crippen LogP contribution in [0.4, 0.5) is 5.82 Å². The summed E-state index contributed by atoms with van der Waals surface area (Å²) in [5.74, 6) is 0.959. The maximum atomic E-state index is 9.45. The molecule has 0 saturated heterocycles. The number of nitrogens with zero attached hydrogens (tertiary/aromatic N) is 5. The molecule has 1 aromatic heterocycles. The molecule has 0 spiro atoms. The Kier molecular flexibility index (Phi) is 7.07. The third-order valence-corrected chi connectivity index (χ3v) is 4.69. The highest BCUT2D eigenvalue weighted by atomic mass is 127. The van der Waals surface area contributed by atoms with Crippen LogP contribution in [0.3, 0.4) is 0 Å². The minimum Gasteiger partial charge on any atom is -0.382 e. The van der Waals surface area contributed by atoms with Crippen LogP contribution in [0, 0.1) is 18.3 Å². The number of nitrogens with two attached hydrogens (primary N) is 2. The third kappa shape index (κ3) is 4.91. The average molecular weight is 479 g/mol. The van der Waals surface area contributed by atoms with Crippen LogP contribution in [0.25, 0.3) is 5.69 Å². The van der Waals surface area contributed by atoms with Crippen LogP contribution in [-0.4, -0.2) is 40.3 Å². The molecule has 0 atom stereocenters. The van der Waals surface area contributed by atoms with Crippen molar-refractivity contribution in [3.63, 3.8) is 0 Å². The quantitative estimate of drug-likeness (QED) is 0.287. The van der Waals surface area contributed by atoms with Crippen LogP contribution in [0.15, 0.2) is 29.3 Å². The molecule has 1 aromatic carbocycles. The Morgan fingerprint density at radius 1 is 1.37 bits per heavy atom. The van der Waals surface area contributed by atoms with Crippen molar-refractivity contribution in [1.82, 2.24) is 14.7 Å². The van der Waals surface area contributed by atoms with Crippen molar-refractivity contribution in [2.45, 2.75) is 38.6 Å². The number of anilines is 1. The maximum Gasteiger partial charge on any atom is 0.191 e. The summed E-state index contributed by atoms with van der Waals surface area (Å²) in [7, 11) is 1.98. The van der Waals surface area contributed by atoms with Crippen molar-refractivity contribution in [3.05, 3.63) is 41.1 Å². The maximum absolute atomic E-state index is 9.45. The van der Waals surface area contributed by atoms with Crippen LogP contribution >= 0.6 is 24.0 Å². The van der Waals surface area contributed by atoms with Crippen LogP contribution in [0.2, 0.25) is 0 Å². The summed E-state index contributed by atoms with van der Waals surface area (Å²) in [6.07, 6.45) is 3.77. The molecule has 1 heterocycles. The molecule has 0 unspecified atom stereocenters. The van der Waals surface area contributed by atoms with Gasteiger partial charge in [-0.05, 0) is 44.7 Å². The van der Waals surface area contributed by atoms with Gasteiger partial charge in [-0.25, -0.2) is 4.68 Å². The van der Waals surface area contributed by atoms with E-state index in [2.05, 4.69) is 16.2 Å². The van der Waals surface area contributed by atoms with Gasteiger partial charge in [0.25, 0.3) is 0 Å². The van der Waals surface area contributed by atoms with Crippen LogP contribution in [0.5, 0.6) is 0 Å². The molecule has 0 radical (unpaired) electrons. The second-order valence-corrected chi connectivity index (χ2v) is 6.75. The summed E-state index contributed by atoms with van der Waals surface area (Å²) in [6.45, 7) is 2.63. The van der Waals surface area contributed by atoms with E-state index >= 15 is 0 Å². The summed E-state index contributed by atoms with van der Waals surface area (Å²) < 4.78 is 1.63. The van der Waals surface area contributed by atoms with Crippen LogP contribution in [-0.2, 0) is 6.42 Å². The van der Waals surface area contributed by atoms with Gasteiger partial charge < -0.3 is 16.4 Å². The van der Waals surface area contributed by atoms with E-state index in [1.165, 1.54) is 12.8 Å². The Balaban J connectivity index is 0.00000261. The zero-order valence-electron chi connectivity index (χ0n) is 15.7. The van der Waals surface area contributed by atoms with Crippen molar-refractivity contribution >= 4 is 35.8 Å². The number of guanidine groups is 1. The number of aryl methyl sites for hydroxylation is 2. The fraction of sp³-hybridized carbons (Fsp3) is 0.421. The number of nitrogen functional groups attached to an aromatic ring is 1. The minimum absolute atomic E-state index is 0. The van der Waals surface area contributed by atoms with E-state index in [-0.39, 0.29) is 24.0 Å². The SMILES string of the molecule is Cc1ccc(-n2nc(CCCN=C(N)N(C)C3CC3)c(C#N)c2N)cc1.I. The van der Waals surface area contributed by atoms with Gasteiger partial charge >= 0.3 is 0 Å². The first-order valence-electron chi connectivity index (χ1n) is 8.88. The lowest BCUT2D eigenvalue weighted by molar-refractivity contribution is 0.487. The molecule has 0 aliphatic heterocycles. The van der Waals surface area contributed by atoms with Crippen LogP contribution < -0.4 is 11.5 Å². The van der Waals surface area contributed by atoms with Gasteiger partial charge in [0, 0.05) is 19.6 Å². The van der Waals surface area contributed by atoms with Crippen LogP contribution in [0.1, 0.15) is 36.1 Å². The topological polar surface area (TPSA) is 109 Å². The number of rotatable bonds is 6. The lowest BCUT2D eigenvalue weighted by atomic mass is 10.1. The second kappa shape index (κ2) is 9.08. The van der Waals surface area contributed by atoms with Gasteiger partial charge in [-0.3, -0.25) is 4.99 Å². The molecular formula is C19H26IN7. The molecular weight excluding hydrogens is 453 g/mol. The molecule has 3 rings (SSSR count). The number of benzene rings is 1. The van der Waals surface area contributed by atoms with E-state index in [9.17, 15) is 5.26 Å². The first-order valence-corrected chi connectivity index (χ1v) is 8.88. The monoisotopic (exact) mass is 479 g/mol. The standard InChI is InChI=1S/C19H25N7.HI/c1-13-5-7-15(8-6-13)26-18(21)16(12-20)17(24-26)4-3-11-23-19(22)25(2)14-9-10-14;/h5-8,14H,3-4,9-11,21H2,1-2H3,(H2,22,23);1H. The summed E-state index contributed by atoms with van der Waals surface area (Å²) in [5.41, 5.74) is 15.3. The number of aliphatic imine (C=N–C) groups is 1. The molecule has 1 aliphatic carbocycles. The first-order chi connectivity index (χ1) is 12.5. The Hall–Kier alpha value is -2.28. The number of halogens is 1. The zero-order valence-corrected chi connectivity index (χ0v) is 18.1. The second-order valence-electron chi connectivity index (χ2n) is 6.75. The molecule has 2 aromatic rings. The van der Waals surface area contributed by atoms with E-state index in [1.807, 2.05) is 43.1 Å².